The van der Waals surface area contributed by atoms with Gasteiger partial charge in [0.2, 0.25) is 0 Å². The van der Waals surface area contributed by atoms with Gasteiger partial charge in [-0.05, 0) is 31.2 Å². The van der Waals surface area contributed by atoms with Gasteiger partial charge in [-0.15, -0.1) is 0 Å². The maximum Gasteiger partial charge on any atom is 0.000394 e. The molecule has 0 bridgehead atoms. The Bertz CT molecular complexity index is 106. The molecular weight excluding hydrogens is 124 g/mol. The molecule has 58 valence electrons. The molecule has 1 heterocycles. The van der Waals surface area contributed by atoms with E-state index in [0.29, 0.717) is 0 Å². The van der Waals surface area contributed by atoms with E-state index in [9.17, 15) is 0 Å². The van der Waals surface area contributed by atoms with Crippen molar-refractivity contribution in [1.82, 2.24) is 10.6 Å². The lowest BCUT2D eigenvalue weighted by atomic mass is 10.0. The fourth-order valence-electron chi connectivity index (χ4n) is 1.31. The van der Waals surface area contributed by atoms with E-state index in [1.54, 1.807) is 0 Å². The van der Waals surface area contributed by atoms with Crippen LogP contribution in [0.2, 0.25) is 0 Å². The first-order valence-electron chi connectivity index (χ1n) is 4.36. The third-order valence-electron chi connectivity index (χ3n) is 2.43. The molecule has 0 aromatic carbocycles. The summed E-state index contributed by atoms with van der Waals surface area (Å²) in [5, 5.41) is 6.78. The van der Waals surface area contributed by atoms with Gasteiger partial charge >= 0.3 is 0 Å². The summed E-state index contributed by atoms with van der Waals surface area (Å²) in [7, 11) is 0. The van der Waals surface area contributed by atoms with Crippen molar-refractivity contribution in [2.45, 2.75) is 12.8 Å². The lowest BCUT2D eigenvalue weighted by Crippen LogP contribution is -2.47. The SMILES string of the molecule is C1CC1CNCC1CNC1. The minimum absolute atomic E-state index is 0.929. The highest BCUT2D eigenvalue weighted by Crippen LogP contribution is 2.27. The Morgan fingerprint density at radius 3 is 2.30 bits per heavy atom. The van der Waals surface area contributed by atoms with Crippen LogP contribution in [-0.2, 0) is 0 Å². The largest absolute Gasteiger partial charge is 0.316 e. The van der Waals surface area contributed by atoms with Crippen molar-refractivity contribution >= 4 is 0 Å². The highest BCUT2D eigenvalue weighted by atomic mass is 15.0. The summed E-state index contributed by atoms with van der Waals surface area (Å²) >= 11 is 0. The average molecular weight is 140 g/mol. The number of hydrogen-bond donors (Lipinski definition) is 2. The maximum absolute atomic E-state index is 3.51. The Hall–Kier alpha value is -0.0800. The Balaban J connectivity index is 1.46. The van der Waals surface area contributed by atoms with E-state index >= 15 is 0 Å². The van der Waals surface area contributed by atoms with Crippen molar-refractivity contribution in [3.05, 3.63) is 0 Å². The number of hydrogen-bond acceptors (Lipinski definition) is 2. The monoisotopic (exact) mass is 140 g/mol. The Morgan fingerprint density at radius 2 is 1.80 bits per heavy atom. The fraction of sp³-hybridized carbons (Fsp3) is 1.00. The topological polar surface area (TPSA) is 24.1 Å². The molecule has 0 unspecified atom stereocenters. The molecule has 2 fully saturated rings. The molecule has 1 aliphatic carbocycles. The molecule has 1 aliphatic heterocycles. The first-order chi connectivity index (χ1) is 4.95. The maximum atomic E-state index is 3.51. The van der Waals surface area contributed by atoms with Crippen molar-refractivity contribution in [3.63, 3.8) is 0 Å². The normalized spacial score (nSPS) is 26.4. The van der Waals surface area contributed by atoms with Gasteiger partial charge in [0.05, 0.1) is 0 Å². The molecule has 0 atom stereocenters. The first kappa shape index (κ1) is 6.62. The van der Waals surface area contributed by atoms with Crippen LogP contribution in [0.3, 0.4) is 0 Å². The molecule has 10 heavy (non-hydrogen) atoms. The molecule has 1 saturated heterocycles. The van der Waals surface area contributed by atoms with Crippen LogP contribution in [0.1, 0.15) is 12.8 Å². The van der Waals surface area contributed by atoms with Crippen LogP contribution in [-0.4, -0.2) is 26.2 Å². The molecule has 2 heteroatoms. The zero-order chi connectivity index (χ0) is 6.81. The second-order valence-corrected chi connectivity index (χ2v) is 3.63. The van der Waals surface area contributed by atoms with Crippen LogP contribution < -0.4 is 10.6 Å². The van der Waals surface area contributed by atoms with E-state index in [2.05, 4.69) is 10.6 Å². The minimum atomic E-state index is 0.929. The lowest BCUT2D eigenvalue weighted by molar-refractivity contribution is 0.330. The average Bonchev–Trinajstić information content (AvgIpc) is 2.58. The van der Waals surface area contributed by atoms with Crippen LogP contribution in [0.4, 0.5) is 0 Å². The van der Waals surface area contributed by atoms with Crippen molar-refractivity contribution in [2.24, 2.45) is 11.8 Å². The fourth-order valence-corrected chi connectivity index (χ4v) is 1.31. The summed E-state index contributed by atoms with van der Waals surface area (Å²) in [6.45, 7) is 4.98. The van der Waals surface area contributed by atoms with Gasteiger partial charge in [0.1, 0.15) is 0 Å². The second kappa shape index (κ2) is 2.89. The summed E-state index contributed by atoms with van der Waals surface area (Å²) < 4.78 is 0. The van der Waals surface area contributed by atoms with E-state index in [0.717, 1.165) is 11.8 Å². The molecule has 0 aromatic rings. The summed E-state index contributed by atoms with van der Waals surface area (Å²) in [5.74, 6) is 1.96. The second-order valence-electron chi connectivity index (χ2n) is 3.63. The number of rotatable bonds is 4. The van der Waals surface area contributed by atoms with Crippen molar-refractivity contribution < 1.29 is 0 Å². The van der Waals surface area contributed by atoms with Crippen LogP contribution in [0.5, 0.6) is 0 Å². The molecule has 2 rings (SSSR count). The van der Waals surface area contributed by atoms with Gasteiger partial charge in [0.25, 0.3) is 0 Å². The third kappa shape index (κ3) is 1.70. The Labute approximate surface area is 62.4 Å². The van der Waals surface area contributed by atoms with E-state index in [4.69, 9.17) is 0 Å². The highest BCUT2D eigenvalue weighted by Gasteiger charge is 2.22. The molecule has 2 nitrogen and oxygen atoms in total. The Kier molecular flexibility index (Phi) is 1.91. The number of nitrogens with one attached hydrogen (secondary N) is 2. The van der Waals surface area contributed by atoms with Gasteiger partial charge in [0, 0.05) is 19.6 Å². The third-order valence-corrected chi connectivity index (χ3v) is 2.43. The predicted molar refractivity (Wildman–Crippen MR) is 42.0 cm³/mol. The molecule has 0 spiro atoms. The van der Waals surface area contributed by atoms with Gasteiger partial charge in [-0.2, -0.15) is 0 Å². The van der Waals surface area contributed by atoms with E-state index in [-0.39, 0.29) is 0 Å². The summed E-state index contributed by atoms with van der Waals surface area (Å²) in [6, 6.07) is 0. The summed E-state index contributed by atoms with van der Waals surface area (Å²) in [5.41, 5.74) is 0. The van der Waals surface area contributed by atoms with Gasteiger partial charge in [-0.1, -0.05) is 0 Å². The van der Waals surface area contributed by atoms with Gasteiger partial charge in [0.15, 0.2) is 0 Å². The zero-order valence-electron chi connectivity index (χ0n) is 6.40. The van der Waals surface area contributed by atoms with E-state index in [1.807, 2.05) is 0 Å². The molecule has 1 saturated carbocycles. The predicted octanol–water partition coefficient (Wildman–Crippen LogP) is 0.205. The molecule has 2 N–H and O–H groups in total. The van der Waals surface area contributed by atoms with E-state index in [1.165, 1.54) is 39.0 Å². The molecule has 2 aliphatic rings. The summed E-state index contributed by atoms with van der Waals surface area (Å²) in [4.78, 5) is 0. The summed E-state index contributed by atoms with van der Waals surface area (Å²) in [6.07, 6.45) is 2.94. The zero-order valence-corrected chi connectivity index (χ0v) is 6.40. The van der Waals surface area contributed by atoms with Crippen LogP contribution in [0.25, 0.3) is 0 Å². The van der Waals surface area contributed by atoms with Gasteiger partial charge in [-0.3, -0.25) is 0 Å². The quantitative estimate of drug-likeness (QED) is 0.583. The van der Waals surface area contributed by atoms with Crippen molar-refractivity contribution in [3.8, 4) is 0 Å². The van der Waals surface area contributed by atoms with Crippen LogP contribution in [0, 0.1) is 11.8 Å². The smallest absolute Gasteiger partial charge is 0.000394 e. The molecule has 0 amide bonds. The minimum Gasteiger partial charge on any atom is -0.316 e. The van der Waals surface area contributed by atoms with Crippen molar-refractivity contribution in [2.75, 3.05) is 26.2 Å². The van der Waals surface area contributed by atoms with Gasteiger partial charge < -0.3 is 10.6 Å². The first-order valence-corrected chi connectivity index (χ1v) is 4.36. The van der Waals surface area contributed by atoms with Crippen molar-refractivity contribution in [1.29, 1.82) is 0 Å². The van der Waals surface area contributed by atoms with Crippen LogP contribution >= 0.6 is 0 Å². The van der Waals surface area contributed by atoms with Crippen LogP contribution in [0.15, 0.2) is 0 Å². The molecule has 0 aromatic heterocycles. The van der Waals surface area contributed by atoms with E-state index < -0.39 is 0 Å². The highest BCUT2D eigenvalue weighted by molar-refractivity contribution is 4.79. The Morgan fingerprint density at radius 1 is 1.10 bits per heavy atom. The molecular formula is C8H16N2. The lowest BCUT2D eigenvalue weighted by Gasteiger charge is -2.27. The molecule has 0 radical (unpaired) electrons. The standard InChI is InChI=1S/C8H16N2/c1-2-7(1)3-9-4-8-5-10-6-8/h7-10H,1-6H2. The van der Waals surface area contributed by atoms with Gasteiger partial charge in [-0.25, -0.2) is 0 Å².